The molecular formula is C15H23Cl2HfNSi. The Hall–Kier alpha value is 0.587. The summed E-state index contributed by atoms with van der Waals surface area (Å²) in [7, 11) is -1.49. The van der Waals surface area contributed by atoms with Crippen LogP contribution in [0.2, 0.25) is 13.1 Å². The Balaban J connectivity index is 0. The summed E-state index contributed by atoms with van der Waals surface area (Å²) in [6.07, 6.45) is 4.66. The first-order valence-electron chi connectivity index (χ1n) is 6.36. The third kappa shape index (κ3) is 5.41. The molecule has 110 valence electrons. The van der Waals surface area contributed by atoms with Gasteiger partial charge in [-0.15, -0.1) is 0 Å². The number of fused-ring (bicyclic) bond motifs is 1. The minimum Gasteiger partial charge on any atom is -1.00 e. The van der Waals surface area contributed by atoms with Crippen LogP contribution < -0.4 is 29.8 Å². The van der Waals surface area contributed by atoms with Gasteiger partial charge in [0.25, 0.3) is 0 Å². The van der Waals surface area contributed by atoms with E-state index in [1.165, 1.54) is 11.1 Å². The van der Waals surface area contributed by atoms with Crippen molar-refractivity contribution in [2.75, 3.05) is 0 Å². The molecule has 1 aromatic carbocycles. The molecule has 1 aliphatic carbocycles. The fourth-order valence-corrected chi connectivity index (χ4v) is 6.63. The predicted molar refractivity (Wildman–Crippen MR) is 78.6 cm³/mol. The maximum atomic E-state index is 3.87. The average molecular weight is 495 g/mol. The summed E-state index contributed by atoms with van der Waals surface area (Å²) >= 11 is 0. The number of benzene rings is 1. The zero-order valence-corrected chi connectivity index (χ0v) is 18.9. The Labute approximate surface area is 155 Å². The van der Waals surface area contributed by atoms with Gasteiger partial charge in [-0.05, 0) is 31.9 Å². The molecule has 0 spiro atoms. The molecule has 0 saturated carbocycles. The van der Waals surface area contributed by atoms with E-state index in [1.807, 2.05) is 0 Å². The van der Waals surface area contributed by atoms with Crippen LogP contribution in [0.5, 0.6) is 0 Å². The van der Waals surface area contributed by atoms with E-state index < -0.39 is 8.24 Å². The summed E-state index contributed by atoms with van der Waals surface area (Å²) in [4.78, 5) is 3.87. The molecule has 2 rings (SSSR count). The first-order chi connectivity index (χ1) is 7.80. The first-order valence-corrected chi connectivity index (χ1v) is 9.44. The number of rotatable bonds is 2. The fraction of sp³-hybridized carbons (Fsp3) is 0.467. The summed E-state index contributed by atoms with van der Waals surface area (Å²) in [5, 5.41) is 0. The Bertz CT molecular complexity index is 455. The van der Waals surface area contributed by atoms with Crippen LogP contribution in [-0.2, 0) is 25.8 Å². The average Bonchev–Trinajstić information content (AvgIpc) is 2.57. The number of allylic oxidation sites excluding steroid dienone is 1. The van der Waals surface area contributed by atoms with Gasteiger partial charge in [0, 0.05) is 11.1 Å². The Morgan fingerprint density at radius 2 is 1.60 bits per heavy atom. The molecule has 1 aromatic rings. The normalized spacial score (nSPS) is 16.6. The van der Waals surface area contributed by atoms with Gasteiger partial charge in [-0.3, -0.25) is 0 Å². The molecule has 1 unspecified atom stereocenters. The van der Waals surface area contributed by atoms with Crippen LogP contribution in [0, 0.1) is 0 Å². The summed E-state index contributed by atoms with van der Waals surface area (Å²) < 4.78 is 0. The van der Waals surface area contributed by atoms with Gasteiger partial charge in [-0.25, -0.2) is 0 Å². The number of hydrogen-bond acceptors (Lipinski definition) is 1. The molecule has 0 radical (unpaired) electrons. The van der Waals surface area contributed by atoms with Crippen molar-refractivity contribution in [3.8, 4) is 0 Å². The maximum absolute atomic E-state index is 3.87. The Morgan fingerprint density at radius 3 is 2.15 bits per heavy atom. The molecule has 1 nitrogen and oxygen atoms in total. The number of halogens is 2. The molecule has 0 aromatic heterocycles. The van der Waals surface area contributed by atoms with Crippen LogP contribution in [0.25, 0.3) is 6.08 Å². The van der Waals surface area contributed by atoms with Gasteiger partial charge in [0.15, 0.2) is 0 Å². The molecule has 0 heterocycles. The second kappa shape index (κ2) is 8.28. The minimum atomic E-state index is -1.49. The van der Waals surface area contributed by atoms with E-state index in [1.54, 1.807) is 0 Å². The van der Waals surface area contributed by atoms with Gasteiger partial charge in [0.1, 0.15) is 8.24 Å². The quantitative estimate of drug-likeness (QED) is 0.466. The molecular weight excluding hydrogens is 472 g/mol. The fourth-order valence-electron chi connectivity index (χ4n) is 2.92. The Morgan fingerprint density at radius 1 is 1.05 bits per heavy atom. The van der Waals surface area contributed by atoms with Gasteiger partial charge < -0.3 is 29.8 Å². The van der Waals surface area contributed by atoms with Crippen molar-refractivity contribution in [1.29, 1.82) is 0 Å². The van der Waals surface area contributed by atoms with Crippen LogP contribution in [-0.4, -0.2) is 13.8 Å². The van der Waals surface area contributed by atoms with Crippen molar-refractivity contribution in [2.45, 2.75) is 44.9 Å². The zero-order valence-electron chi connectivity index (χ0n) is 12.8. The molecule has 20 heavy (non-hydrogen) atoms. The van der Waals surface area contributed by atoms with E-state index in [4.69, 9.17) is 0 Å². The molecule has 0 saturated heterocycles. The van der Waals surface area contributed by atoms with E-state index >= 15 is 0 Å². The van der Waals surface area contributed by atoms with Crippen LogP contribution in [0.1, 0.15) is 37.4 Å². The maximum Gasteiger partial charge on any atom is 2.00 e. The zero-order chi connectivity index (χ0) is 12.7. The second-order valence-corrected chi connectivity index (χ2v) is 10.9. The van der Waals surface area contributed by atoms with E-state index in [0.717, 1.165) is 0 Å². The van der Waals surface area contributed by atoms with Crippen molar-refractivity contribution in [3.05, 3.63) is 41.5 Å². The summed E-state index contributed by atoms with van der Waals surface area (Å²) in [6, 6.07) is 8.77. The van der Waals surface area contributed by atoms with E-state index in [2.05, 4.69) is 75.3 Å². The Kier molecular flexibility index (Phi) is 9.47. The van der Waals surface area contributed by atoms with Gasteiger partial charge in [-0.2, -0.15) is 0 Å². The SMILES string of the molecule is CC(C)(C)N[Si](C)(C)C1C=Cc2ccccc21.[Cl-].[Cl-].[Hf+2]. The van der Waals surface area contributed by atoms with Gasteiger partial charge in [-0.1, -0.05) is 49.5 Å². The topological polar surface area (TPSA) is 12.0 Å². The van der Waals surface area contributed by atoms with Gasteiger partial charge >= 0.3 is 25.8 Å². The van der Waals surface area contributed by atoms with Crippen molar-refractivity contribution in [1.82, 2.24) is 4.98 Å². The molecule has 0 amide bonds. The first kappa shape index (κ1) is 22.9. The van der Waals surface area contributed by atoms with Crippen molar-refractivity contribution >= 4 is 14.3 Å². The largest absolute Gasteiger partial charge is 2.00 e. The van der Waals surface area contributed by atoms with E-state index in [-0.39, 0.29) is 56.2 Å². The molecule has 1 N–H and O–H groups in total. The van der Waals surface area contributed by atoms with Crippen LogP contribution in [0.4, 0.5) is 0 Å². The smallest absolute Gasteiger partial charge is 1.00 e. The van der Waals surface area contributed by atoms with E-state index in [9.17, 15) is 0 Å². The van der Waals surface area contributed by atoms with Gasteiger partial charge in [0.2, 0.25) is 0 Å². The molecule has 0 aliphatic heterocycles. The van der Waals surface area contributed by atoms with Crippen LogP contribution >= 0.6 is 0 Å². The minimum absolute atomic E-state index is 0. The number of nitrogens with one attached hydrogen (secondary N) is 1. The monoisotopic (exact) mass is 495 g/mol. The van der Waals surface area contributed by atoms with Crippen LogP contribution in [0.15, 0.2) is 30.3 Å². The molecule has 1 atom stereocenters. The second-order valence-electron chi connectivity index (χ2n) is 6.56. The third-order valence-electron chi connectivity index (χ3n) is 3.27. The van der Waals surface area contributed by atoms with Crippen LogP contribution in [0.3, 0.4) is 0 Å². The van der Waals surface area contributed by atoms with Gasteiger partial charge in [0.05, 0.1) is 0 Å². The number of hydrogen-bond donors (Lipinski definition) is 1. The molecule has 0 fully saturated rings. The standard InChI is InChI=1S/C15H23NSi.2ClH.Hf/c1-15(2,3)16-17(4,5)14-11-10-12-8-6-7-9-13(12)14;;;/h6-11,14,16H,1-5H3;2*1H;/q;;;+2/p-2. The predicted octanol–water partition coefficient (Wildman–Crippen LogP) is -2.07. The third-order valence-corrected chi connectivity index (χ3v) is 6.73. The summed E-state index contributed by atoms with van der Waals surface area (Å²) in [5.74, 6) is 0. The van der Waals surface area contributed by atoms with Crippen molar-refractivity contribution in [3.63, 3.8) is 0 Å². The van der Waals surface area contributed by atoms with E-state index in [0.29, 0.717) is 5.54 Å². The molecule has 0 bridgehead atoms. The molecule has 1 aliphatic rings. The molecule has 5 heteroatoms. The van der Waals surface area contributed by atoms with Crippen molar-refractivity contribution < 1.29 is 50.7 Å². The van der Waals surface area contributed by atoms with Crippen molar-refractivity contribution in [2.24, 2.45) is 0 Å². The summed E-state index contributed by atoms with van der Waals surface area (Å²) in [5.41, 5.74) is 3.69. The summed E-state index contributed by atoms with van der Waals surface area (Å²) in [6.45, 7) is 11.6.